The van der Waals surface area contributed by atoms with Gasteiger partial charge in [0, 0.05) is 0 Å². The molecule has 1 heterocycles. The normalized spacial score (nSPS) is 27.5. The molecule has 0 fully saturated rings. The minimum absolute atomic E-state index is 0.140. The molecule has 0 aliphatic carbocycles. The van der Waals surface area contributed by atoms with E-state index in [1.54, 1.807) is 6.92 Å². The van der Waals surface area contributed by atoms with Crippen molar-refractivity contribution in [1.82, 2.24) is 0 Å². The van der Waals surface area contributed by atoms with Gasteiger partial charge in [0.15, 0.2) is 11.5 Å². The number of hydrogen-bond acceptors (Lipinski definition) is 2. The molecule has 0 saturated carbocycles. The van der Waals surface area contributed by atoms with Gasteiger partial charge in [0.1, 0.15) is 0 Å². The van der Waals surface area contributed by atoms with E-state index in [2.05, 4.69) is 9.47 Å². The average Bonchev–Trinajstić information content (AvgIpc) is 2.07. The molecule has 0 amide bonds. The molecule has 2 nitrogen and oxygen atoms in total. The summed E-state index contributed by atoms with van der Waals surface area (Å²) < 4.78 is 47.4. The SMILES string of the molecule is Cc1ccc2c(c1)OC(F)(Cl)C(F)(F)O2. The van der Waals surface area contributed by atoms with Gasteiger partial charge in [0.25, 0.3) is 0 Å². The van der Waals surface area contributed by atoms with Gasteiger partial charge in [-0.15, -0.1) is 0 Å². The van der Waals surface area contributed by atoms with Crippen LogP contribution in [0.4, 0.5) is 13.2 Å². The number of fused-ring (bicyclic) bond motifs is 1. The third-order valence-electron chi connectivity index (χ3n) is 1.91. The molecule has 1 aromatic rings. The number of alkyl halides is 4. The zero-order chi connectivity index (χ0) is 11.3. The van der Waals surface area contributed by atoms with Crippen molar-refractivity contribution < 1.29 is 22.6 Å². The van der Waals surface area contributed by atoms with Crippen LogP contribution in [0.5, 0.6) is 11.5 Å². The van der Waals surface area contributed by atoms with E-state index in [0.717, 1.165) is 5.56 Å². The van der Waals surface area contributed by atoms with Crippen molar-refractivity contribution in [3.63, 3.8) is 0 Å². The second kappa shape index (κ2) is 2.95. The van der Waals surface area contributed by atoms with Gasteiger partial charge in [0.2, 0.25) is 0 Å². The van der Waals surface area contributed by atoms with Crippen molar-refractivity contribution in [2.24, 2.45) is 0 Å². The summed E-state index contributed by atoms with van der Waals surface area (Å²) in [4.78, 5) is 0. The summed E-state index contributed by atoms with van der Waals surface area (Å²) in [5.41, 5.74) is 0.718. The van der Waals surface area contributed by atoms with Gasteiger partial charge in [-0.2, -0.15) is 13.2 Å². The van der Waals surface area contributed by atoms with Crippen molar-refractivity contribution >= 4 is 11.6 Å². The van der Waals surface area contributed by atoms with Gasteiger partial charge >= 0.3 is 11.4 Å². The molecule has 2 rings (SSSR count). The minimum atomic E-state index is -4.21. The van der Waals surface area contributed by atoms with Crippen LogP contribution in [0.3, 0.4) is 0 Å². The largest absolute Gasteiger partial charge is 0.488 e. The Bertz CT molecular complexity index is 406. The van der Waals surface area contributed by atoms with Crippen LogP contribution >= 0.6 is 11.6 Å². The first-order valence-electron chi connectivity index (χ1n) is 4.06. The van der Waals surface area contributed by atoms with Crippen LogP contribution in [0.15, 0.2) is 18.2 Å². The molecule has 1 aliphatic rings. The zero-order valence-electron chi connectivity index (χ0n) is 7.56. The highest BCUT2D eigenvalue weighted by molar-refractivity contribution is 6.22. The molecule has 1 unspecified atom stereocenters. The van der Waals surface area contributed by atoms with Gasteiger partial charge in [-0.1, -0.05) is 6.07 Å². The molecule has 1 atom stereocenters. The van der Waals surface area contributed by atoms with Crippen LogP contribution in [-0.2, 0) is 0 Å². The van der Waals surface area contributed by atoms with Crippen LogP contribution in [0, 0.1) is 6.92 Å². The first-order valence-corrected chi connectivity index (χ1v) is 4.44. The van der Waals surface area contributed by atoms with Crippen LogP contribution in [0.1, 0.15) is 5.56 Å². The number of hydrogen-bond donors (Lipinski definition) is 0. The summed E-state index contributed by atoms with van der Waals surface area (Å²) in [7, 11) is 0. The highest BCUT2D eigenvalue weighted by Crippen LogP contribution is 2.48. The maximum Gasteiger partial charge on any atom is 0.488 e. The van der Waals surface area contributed by atoms with E-state index in [4.69, 9.17) is 11.6 Å². The number of ether oxygens (including phenoxy) is 2. The molecule has 1 aliphatic heterocycles. The van der Waals surface area contributed by atoms with Crippen LogP contribution in [0.25, 0.3) is 0 Å². The number of benzene rings is 1. The Kier molecular flexibility index (Phi) is 2.05. The molecular formula is C9H6ClF3O2. The lowest BCUT2D eigenvalue weighted by Crippen LogP contribution is -2.51. The third kappa shape index (κ3) is 1.61. The smallest absolute Gasteiger partial charge is 0.434 e. The summed E-state index contributed by atoms with van der Waals surface area (Å²) in [6.45, 7) is 1.70. The monoisotopic (exact) mass is 238 g/mol. The molecular weight excluding hydrogens is 233 g/mol. The fourth-order valence-electron chi connectivity index (χ4n) is 1.17. The third-order valence-corrected chi connectivity index (χ3v) is 2.21. The van der Waals surface area contributed by atoms with E-state index in [9.17, 15) is 13.2 Å². The molecule has 0 saturated heterocycles. The van der Waals surface area contributed by atoms with Gasteiger partial charge < -0.3 is 9.47 Å². The molecule has 82 valence electrons. The Hall–Kier alpha value is -1.10. The summed E-state index contributed by atoms with van der Waals surface area (Å²) in [6.07, 6.45) is -4.21. The molecule has 0 aromatic heterocycles. The quantitative estimate of drug-likeness (QED) is 0.646. The Balaban J connectivity index is 2.47. The molecule has 15 heavy (non-hydrogen) atoms. The maximum absolute atomic E-state index is 13.1. The number of rotatable bonds is 0. The first-order chi connectivity index (χ1) is 6.82. The Morgan fingerprint density at radius 2 is 1.80 bits per heavy atom. The lowest BCUT2D eigenvalue weighted by atomic mass is 10.2. The van der Waals surface area contributed by atoms with Crippen molar-refractivity contribution in [3.8, 4) is 11.5 Å². The maximum atomic E-state index is 13.1. The Morgan fingerprint density at radius 3 is 2.47 bits per heavy atom. The van der Waals surface area contributed by atoms with Gasteiger partial charge in [-0.25, -0.2) is 0 Å². The predicted molar refractivity (Wildman–Crippen MR) is 47.1 cm³/mol. The highest BCUT2D eigenvalue weighted by Gasteiger charge is 2.63. The van der Waals surface area contributed by atoms with Gasteiger partial charge in [-0.05, 0) is 36.2 Å². The molecule has 6 heteroatoms. The second-order valence-electron chi connectivity index (χ2n) is 3.19. The predicted octanol–water partition coefficient (Wildman–Crippen LogP) is 3.22. The number of aryl methyl sites for hydroxylation is 1. The standard InChI is InChI=1S/C9H6ClF3O2/c1-5-2-3-6-7(4-5)14-8(10,11)9(12,13)15-6/h2-4H,1H3. The zero-order valence-corrected chi connectivity index (χ0v) is 8.32. The molecule has 0 N–H and O–H groups in total. The summed E-state index contributed by atoms with van der Waals surface area (Å²) in [5.74, 6) is -0.377. The summed E-state index contributed by atoms with van der Waals surface area (Å²) in [6, 6.07) is 4.17. The van der Waals surface area contributed by atoms with Gasteiger partial charge in [-0.3, -0.25) is 0 Å². The fourth-order valence-corrected chi connectivity index (χ4v) is 1.30. The van der Waals surface area contributed by atoms with E-state index in [1.165, 1.54) is 18.2 Å². The van der Waals surface area contributed by atoms with Crippen LogP contribution in [0.2, 0.25) is 0 Å². The van der Waals surface area contributed by atoms with Crippen molar-refractivity contribution in [2.45, 2.75) is 18.3 Å². The summed E-state index contributed by atoms with van der Waals surface area (Å²) in [5, 5.41) is -3.67. The van der Waals surface area contributed by atoms with Crippen LogP contribution in [-0.4, -0.2) is 11.4 Å². The Labute approximate surface area is 88.5 Å². The first kappa shape index (κ1) is 10.4. The molecule has 0 bridgehead atoms. The lowest BCUT2D eigenvalue weighted by Gasteiger charge is -2.33. The highest BCUT2D eigenvalue weighted by atomic mass is 35.5. The van der Waals surface area contributed by atoms with E-state index < -0.39 is 11.4 Å². The van der Waals surface area contributed by atoms with E-state index in [0.29, 0.717) is 0 Å². The minimum Gasteiger partial charge on any atom is -0.434 e. The summed E-state index contributed by atoms with van der Waals surface area (Å²) >= 11 is 4.88. The van der Waals surface area contributed by atoms with Crippen LogP contribution < -0.4 is 9.47 Å². The Morgan fingerprint density at radius 1 is 1.13 bits per heavy atom. The average molecular weight is 239 g/mol. The van der Waals surface area contributed by atoms with Gasteiger partial charge in [0.05, 0.1) is 0 Å². The number of halogens is 4. The van der Waals surface area contributed by atoms with Crippen molar-refractivity contribution in [2.75, 3.05) is 0 Å². The fraction of sp³-hybridized carbons (Fsp3) is 0.333. The van der Waals surface area contributed by atoms with E-state index in [1.807, 2.05) is 0 Å². The molecule has 0 radical (unpaired) electrons. The molecule has 1 aromatic carbocycles. The molecule has 0 spiro atoms. The van der Waals surface area contributed by atoms with Crippen molar-refractivity contribution in [1.29, 1.82) is 0 Å². The second-order valence-corrected chi connectivity index (χ2v) is 3.67. The van der Waals surface area contributed by atoms with Crippen molar-refractivity contribution in [3.05, 3.63) is 23.8 Å². The lowest BCUT2D eigenvalue weighted by molar-refractivity contribution is -0.303. The van der Waals surface area contributed by atoms with E-state index >= 15 is 0 Å². The van der Waals surface area contributed by atoms with E-state index in [-0.39, 0.29) is 11.5 Å². The topological polar surface area (TPSA) is 18.5 Å².